The molecule has 2 aliphatic heterocycles. The van der Waals surface area contributed by atoms with E-state index < -0.39 is 0 Å². The quantitative estimate of drug-likeness (QED) is 0.847. The molecule has 2 saturated heterocycles. The molecular formula is C16H33N3. The lowest BCUT2D eigenvalue weighted by Gasteiger charge is -2.52. The van der Waals surface area contributed by atoms with Crippen molar-refractivity contribution in [3.05, 3.63) is 0 Å². The van der Waals surface area contributed by atoms with Crippen molar-refractivity contribution in [2.75, 3.05) is 39.3 Å². The fourth-order valence-corrected chi connectivity index (χ4v) is 3.85. The van der Waals surface area contributed by atoms with Crippen molar-refractivity contribution in [3.8, 4) is 0 Å². The number of rotatable bonds is 4. The van der Waals surface area contributed by atoms with Gasteiger partial charge in [0, 0.05) is 18.6 Å². The molecule has 112 valence electrons. The van der Waals surface area contributed by atoms with Crippen LogP contribution in [0.3, 0.4) is 0 Å². The molecule has 0 bridgehead atoms. The fraction of sp³-hybridized carbons (Fsp3) is 1.00. The van der Waals surface area contributed by atoms with E-state index in [1.165, 1.54) is 58.4 Å². The summed E-state index contributed by atoms with van der Waals surface area (Å²) in [6.45, 7) is 14.2. The van der Waals surface area contributed by atoms with Gasteiger partial charge >= 0.3 is 0 Å². The van der Waals surface area contributed by atoms with E-state index in [2.05, 4.69) is 30.6 Å². The van der Waals surface area contributed by atoms with Gasteiger partial charge in [0.1, 0.15) is 0 Å². The second-order valence-electron chi connectivity index (χ2n) is 6.96. The highest BCUT2D eigenvalue weighted by Crippen LogP contribution is 2.33. The molecule has 3 heteroatoms. The van der Waals surface area contributed by atoms with Gasteiger partial charge in [0.05, 0.1) is 0 Å². The number of nitrogens with zero attached hydrogens (tertiary/aromatic N) is 2. The second-order valence-corrected chi connectivity index (χ2v) is 6.96. The molecule has 0 aliphatic carbocycles. The number of likely N-dealkylation sites (tertiary alicyclic amines) is 2. The Balaban J connectivity index is 1.96. The maximum absolute atomic E-state index is 6.21. The van der Waals surface area contributed by atoms with Gasteiger partial charge in [0.2, 0.25) is 0 Å². The molecular weight excluding hydrogens is 234 g/mol. The molecule has 2 unspecified atom stereocenters. The molecule has 2 fully saturated rings. The summed E-state index contributed by atoms with van der Waals surface area (Å²) in [5, 5.41) is 0. The van der Waals surface area contributed by atoms with Crippen molar-refractivity contribution in [1.29, 1.82) is 0 Å². The van der Waals surface area contributed by atoms with Crippen LogP contribution in [0.1, 0.15) is 46.5 Å². The van der Waals surface area contributed by atoms with Gasteiger partial charge in [-0.1, -0.05) is 20.8 Å². The lowest BCUT2D eigenvalue weighted by Crippen LogP contribution is -2.62. The van der Waals surface area contributed by atoms with Crippen LogP contribution in [-0.2, 0) is 0 Å². The van der Waals surface area contributed by atoms with E-state index in [1.54, 1.807) is 0 Å². The van der Waals surface area contributed by atoms with Gasteiger partial charge in [0.25, 0.3) is 0 Å². The van der Waals surface area contributed by atoms with E-state index in [1.807, 2.05) is 0 Å². The molecule has 0 aromatic heterocycles. The second kappa shape index (κ2) is 6.55. The van der Waals surface area contributed by atoms with Crippen LogP contribution < -0.4 is 5.73 Å². The molecule has 19 heavy (non-hydrogen) atoms. The van der Waals surface area contributed by atoms with E-state index in [-0.39, 0.29) is 0 Å². The van der Waals surface area contributed by atoms with E-state index in [0.717, 1.165) is 18.4 Å². The Hall–Kier alpha value is -0.120. The molecule has 2 N–H and O–H groups in total. The van der Waals surface area contributed by atoms with E-state index in [9.17, 15) is 0 Å². The lowest BCUT2D eigenvalue weighted by atomic mass is 9.80. The highest BCUT2D eigenvalue weighted by atomic mass is 15.2. The normalized spacial score (nSPS) is 33.5. The van der Waals surface area contributed by atoms with E-state index in [4.69, 9.17) is 5.73 Å². The van der Waals surface area contributed by atoms with Gasteiger partial charge in [-0.15, -0.1) is 0 Å². The van der Waals surface area contributed by atoms with Crippen molar-refractivity contribution < 1.29 is 0 Å². The molecule has 2 rings (SSSR count). The molecule has 0 radical (unpaired) electrons. The first kappa shape index (κ1) is 15.3. The first-order valence-electron chi connectivity index (χ1n) is 8.29. The standard InChI is InChI=1S/C16H33N3/c1-4-8-18-10-6-16(13-17,7-11-18)19-9-5-14(2)15(3)12-19/h14-15H,4-13,17H2,1-3H3. The van der Waals surface area contributed by atoms with Crippen molar-refractivity contribution in [2.45, 2.75) is 52.0 Å². The van der Waals surface area contributed by atoms with Crippen molar-refractivity contribution in [3.63, 3.8) is 0 Å². The number of hydrogen-bond acceptors (Lipinski definition) is 3. The molecule has 0 aromatic carbocycles. The average molecular weight is 267 g/mol. The monoisotopic (exact) mass is 267 g/mol. The highest BCUT2D eigenvalue weighted by molar-refractivity contribution is 4.98. The molecule has 2 atom stereocenters. The van der Waals surface area contributed by atoms with Crippen LogP contribution in [0, 0.1) is 11.8 Å². The Kier molecular flexibility index (Phi) is 5.27. The molecule has 0 aromatic rings. The Morgan fingerprint density at radius 3 is 2.32 bits per heavy atom. The van der Waals surface area contributed by atoms with Crippen LogP contribution in [-0.4, -0.2) is 54.6 Å². The Morgan fingerprint density at radius 1 is 1.11 bits per heavy atom. The minimum atomic E-state index is 0.304. The zero-order chi connectivity index (χ0) is 13.9. The van der Waals surface area contributed by atoms with Crippen LogP contribution in [0.25, 0.3) is 0 Å². The fourth-order valence-electron chi connectivity index (χ4n) is 3.85. The minimum absolute atomic E-state index is 0.304. The summed E-state index contributed by atoms with van der Waals surface area (Å²) in [7, 11) is 0. The maximum Gasteiger partial charge on any atom is 0.0356 e. The molecule has 0 amide bonds. The summed E-state index contributed by atoms with van der Waals surface area (Å²) >= 11 is 0. The number of hydrogen-bond donors (Lipinski definition) is 1. The van der Waals surface area contributed by atoms with Crippen LogP contribution in [0.4, 0.5) is 0 Å². The van der Waals surface area contributed by atoms with Gasteiger partial charge in [-0.2, -0.15) is 0 Å². The summed E-state index contributed by atoms with van der Waals surface area (Å²) in [5.74, 6) is 1.71. The van der Waals surface area contributed by atoms with E-state index in [0.29, 0.717) is 5.54 Å². The van der Waals surface area contributed by atoms with Gasteiger partial charge in [-0.3, -0.25) is 4.90 Å². The predicted octanol–water partition coefficient (Wildman–Crippen LogP) is 2.17. The third-order valence-corrected chi connectivity index (χ3v) is 5.71. The van der Waals surface area contributed by atoms with E-state index >= 15 is 0 Å². The Morgan fingerprint density at radius 2 is 1.79 bits per heavy atom. The predicted molar refractivity (Wildman–Crippen MR) is 82.3 cm³/mol. The minimum Gasteiger partial charge on any atom is -0.329 e. The van der Waals surface area contributed by atoms with Gasteiger partial charge < -0.3 is 10.6 Å². The third-order valence-electron chi connectivity index (χ3n) is 5.71. The maximum atomic E-state index is 6.21. The average Bonchev–Trinajstić information content (AvgIpc) is 2.43. The van der Waals surface area contributed by atoms with Crippen molar-refractivity contribution >= 4 is 0 Å². The summed E-state index contributed by atoms with van der Waals surface area (Å²) in [5.41, 5.74) is 6.51. The van der Waals surface area contributed by atoms with Gasteiger partial charge in [-0.25, -0.2) is 0 Å². The lowest BCUT2D eigenvalue weighted by molar-refractivity contribution is -0.0110. The molecule has 3 nitrogen and oxygen atoms in total. The summed E-state index contributed by atoms with van der Waals surface area (Å²) in [4.78, 5) is 5.35. The third kappa shape index (κ3) is 3.32. The summed E-state index contributed by atoms with van der Waals surface area (Å²) in [6.07, 6.45) is 5.16. The van der Waals surface area contributed by atoms with Crippen LogP contribution >= 0.6 is 0 Å². The Bertz CT molecular complexity index is 271. The van der Waals surface area contributed by atoms with Crippen molar-refractivity contribution in [1.82, 2.24) is 9.80 Å². The topological polar surface area (TPSA) is 32.5 Å². The first-order valence-corrected chi connectivity index (χ1v) is 8.29. The smallest absolute Gasteiger partial charge is 0.0356 e. The van der Waals surface area contributed by atoms with Crippen LogP contribution in [0.2, 0.25) is 0 Å². The van der Waals surface area contributed by atoms with Gasteiger partial charge in [0.15, 0.2) is 0 Å². The molecule has 0 spiro atoms. The number of nitrogens with two attached hydrogens (primary N) is 1. The first-order chi connectivity index (χ1) is 9.11. The van der Waals surface area contributed by atoms with Crippen LogP contribution in [0.5, 0.6) is 0 Å². The molecule has 0 saturated carbocycles. The Labute approximate surface area is 119 Å². The largest absolute Gasteiger partial charge is 0.329 e. The SMILES string of the molecule is CCCN1CCC(CN)(N2CCC(C)C(C)C2)CC1. The number of piperidine rings is 2. The van der Waals surface area contributed by atoms with Gasteiger partial charge in [-0.05, 0) is 63.7 Å². The summed E-state index contributed by atoms with van der Waals surface area (Å²) in [6, 6.07) is 0. The highest BCUT2D eigenvalue weighted by Gasteiger charge is 2.40. The van der Waals surface area contributed by atoms with Crippen molar-refractivity contribution in [2.24, 2.45) is 17.6 Å². The summed E-state index contributed by atoms with van der Waals surface area (Å²) < 4.78 is 0. The molecule has 2 heterocycles. The zero-order valence-electron chi connectivity index (χ0n) is 13.2. The zero-order valence-corrected chi connectivity index (χ0v) is 13.2. The molecule has 2 aliphatic rings. The van der Waals surface area contributed by atoms with Crippen LogP contribution in [0.15, 0.2) is 0 Å².